The molecule has 0 bridgehead atoms. The van der Waals surface area contributed by atoms with E-state index in [1.165, 1.54) is 11.3 Å². The highest BCUT2D eigenvalue weighted by Gasteiger charge is 2.33. The molecule has 4 aromatic rings. The van der Waals surface area contributed by atoms with E-state index in [9.17, 15) is 9.59 Å². The molecule has 0 spiro atoms. The largest absolute Gasteiger partial charge is 0.496 e. The number of hydrogen-bond acceptors (Lipinski definition) is 7. The van der Waals surface area contributed by atoms with Crippen LogP contribution in [0.4, 0.5) is 0 Å². The van der Waals surface area contributed by atoms with Crippen molar-refractivity contribution in [1.82, 2.24) is 4.57 Å². The molecular formula is C31H26BrClN2O5S. The highest BCUT2D eigenvalue weighted by molar-refractivity contribution is 9.10. The molecule has 0 N–H and O–H groups in total. The standard InChI is InChI=1S/C31H26BrClN2O5S/c1-4-39-30(37)27-18(2)34-31-35(28(27)20-12-13-25(38-3)23(32)16-20)29(36)26(41-31)15-19-8-7-10-22(14-19)40-17-21-9-5-6-11-24(21)33/h5-16,28H,4,17H2,1-3H3/b26-15+/t28-/m1/s1. The monoisotopic (exact) mass is 652 g/mol. The molecule has 0 amide bonds. The zero-order chi connectivity index (χ0) is 29.1. The Balaban J connectivity index is 1.57. The Morgan fingerprint density at radius 3 is 2.68 bits per heavy atom. The van der Waals surface area contributed by atoms with Crippen molar-refractivity contribution < 1.29 is 19.0 Å². The molecule has 0 fully saturated rings. The fourth-order valence-electron chi connectivity index (χ4n) is 4.58. The summed E-state index contributed by atoms with van der Waals surface area (Å²) in [6, 6.07) is 19.8. The minimum absolute atomic E-state index is 0.202. The van der Waals surface area contributed by atoms with E-state index in [-0.39, 0.29) is 12.2 Å². The number of carbonyl (C=O) groups is 1. The van der Waals surface area contributed by atoms with Gasteiger partial charge in [0.25, 0.3) is 5.56 Å². The molecule has 2 heterocycles. The summed E-state index contributed by atoms with van der Waals surface area (Å²) in [5.41, 5.74) is 2.95. The van der Waals surface area contributed by atoms with Crippen molar-refractivity contribution in [3.8, 4) is 11.5 Å². The van der Waals surface area contributed by atoms with Gasteiger partial charge in [0.15, 0.2) is 4.80 Å². The summed E-state index contributed by atoms with van der Waals surface area (Å²) in [5, 5.41) is 0.640. The van der Waals surface area contributed by atoms with E-state index in [0.29, 0.717) is 48.2 Å². The molecule has 1 aliphatic heterocycles. The van der Waals surface area contributed by atoms with Crippen LogP contribution in [0.25, 0.3) is 6.08 Å². The highest BCUT2D eigenvalue weighted by atomic mass is 79.9. The lowest BCUT2D eigenvalue weighted by atomic mass is 9.96. The predicted molar refractivity (Wildman–Crippen MR) is 163 cm³/mol. The number of carbonyl (C=O) groups excluding carboxylic acids is 1. The second-order valence-corrected chi connectivity index (χ2v) is 11.4. The summed E-state index contributed by atoms with van der Waals surface area (Å²) in [4.78, 5) is 32.2. The van der Waals surface area contributed by atoms with Crippen LogP contribution < -0.4 is 24.4 Å². The lowest BCUT2D eigenvalue weighted by Gasteiger charge is -2.25. The van der Waals surface area contributed by atoms with Gasteiger partial charge in [0, 0.05) is 10.6 Å². The van der Waals surface area contributed by atoms with E-state index >= 15 is 0 Å². The van der Waals surface area contributed by atoms with Crippen molar-refractivity contribution in [3.63, 3.8) is 0 Å². The fourth-order valence-corrected chi connectivity index (χ4v) is 6.38. The molecule has 1 aromatic heterocycles. The van der Waals surface area contributed by atoms with Crippen molar-refractivity contribution in [2.24, 2.45) is 4.99 Å². The number of allylic oxidation sites excluding steroid dienone is 1. The van der Waals surface area contributed by atoms with E-state index < -0.39 is 12.0 Å². The molecule has 7 nitrogen and oxygen atoms in total. The highest BCUT2D eigenvalue weighted by Crippen LogP contribution is 2.35. The maximum absolute atomic E-state index is 13.9. The number of thiazole rings is 1. The van der Waals surface area contributed by atoms with Gasteiger partial charge in [0.05, 0.1) is 40.0 Å². The van der Waals surface area contributed by atoms with Gasteiger partial charge in [-0.1, -0.05) is 59.3 Å². The summed E-state index contributed by atoms with van der Waals surface area (Å²) in [5.74, 6) is 0.771. The number of hydrogen-bond donors (Lipinski definition) is 0. The van der Waals surface area contributed by atoms with Crippen molar-refractivity contribution in [3.05, 3.63) is 124 Å². The van der Waals surface area contributed by atoms with E-state index in [1.807, 2.05) is 60.7 Å². The van der Waals surface area contributed by atoms with Crippen molar-refractivity contribution >= 4 is 50.9 Å². The smallest absolute Gasteiger partial charge is 0.338 e. The third kappa shape index (κ3) is 6.02. The minimum atomic E-state index is -0.722. The van der Waals surface area contributed by atoms with Gasteiger partial charge in [-0.2, -0.15) is 0 Å². The molecule has 0 aliphatic carbocycles. The molecule has 0 unspecified atom stereocenters. The maximum Gasteiger partial charge on any atom is 0.338 e. The Morgan fingerprint density at radius 1 is 1.15 bits per heavy atom. The van der Waals surface area contributed by atoms with Crippen LogP contribution in [0.15, 0.2) is 92.3 Å². The van der Waals surface area contributed by atoms with Crippen LogP contribution in [0.5, 0.6) is 11.5 Å². The number of methoxy groups -OCH3 is 1. The van der Waals surface area contributed by atoms with Crippen LogP contribution >= 0.6 is 38.9 Å². The van der Waals surface area contributed by atoms with Crippen LogP contribution in [-0.4, -0.2) is 24.3 Å². The van der Waals surface area contributed by atoms with Gasteiger partial charge in [-0.05, 0) is 77.3 Å². The Kier molecular flexibility index (Phi) is 8.77. The summed E-state index contributed by atoms with van der Waals surface area (Å²) in [6.45, 7) is 4.02. The van der Waals surface area contributed by atoms with Crippen LogP contribution in [-0.2, 0) is 16.1 Å². The quantitative estimate of drug-likeness (QED) is 0.225. The molecule has 1 atom stereocenters. The first kappa shape index (κ1) is 28.9. The molecule has 5 rings (SSSR count). The Labute approximate surface area is 254 Å². The summed E-state index contributed by atoms with van der Waals surface area (Å²) >= 11 is 11.1. The third-order valence-corrected chi connectivity index (χ3v) is 8.49. The lowest BCUT2D eigenvalue weighted by molar-refractivity contribution is -0.139. The van der Waals surface area contributed by atoms with Crippen LogP contribution in [0, 0.1) is 0 Å². The van der Waals surface area contributed by atoms with Gasteiger partial charge in [0.1, 0.15) is 18.1 Å². The molecule has 10 heteroatoms. The van der Waals surface area contributed by atoms with E-state index in [0.717, 1.165) is 16.7 Å². The van der Waals surface area contributed by atoms with Crippen LogP contribution in [0.3, 0.4) is 0 Å². The summed E-state index contributed by atoms with van der Waals surface area (Å²) in [7, 11) is 1.58. The molecular weight excluding hydrogens is 628 g/mol. The van der Waals surface area contributed by atoms with Gasteiger partial charge in [-0.15, -0.1) is 0 Å². The first-order valence-corrected chi connectivity index (χ1v) is 14.8. The van der Waals surface area contributed by atoms with Gasteiger partial charge >= 0.3 is 5.97 Å². The normalized spacial score (nSPS) is 14.9. The topological polar surface area (TPSA) is 79.1 Å². The Hall–Kier alpha value is -3.66. The zero-order valence-electron chi connectivity index (χ0n) is 22.5. The number of rotatable bonds is 8. The molecule has 0 saturated carbocycles. The molecule has 210 valence electrons. The summed E-state index contributed by atoms with van der Waals surface area (Å²) < 4.78 is 19.5. The molecule has 1 aliphatic rings. The first-order valence-electron chi connectivity index (χ1n) is 12.8. The Morgan fingerprint density at radius 2 is 1.95 bits per heavy atom. The van der Waals surface area contributed by atoms with Gasteiger partial charge in [0.2, 0.25) is 0 Å². The molecule has 3 aromatic carbocycles. The number of halogens is 2. The van der Waals surface area contributed by atoms with Gasteiger partial charge in [-0.3, -0.25) is 9.36 Å². The third-order valence-electron chi connectivity index (χ3n) is 6.52. The maximum atomic E-state index is 13.9. The minimum Gasteiger partial charge on any atom is -0.496 e. The number of nitrogens with zero attached hydrogens (tertiary/aromatic N) is 2. The average Bonchev–Trinajstić information content (AvgIpc) is 3.26. The van der Waals surface area contributed by atoms with E-state index in [1.54, 1.807) is 37.7 Å². The second-order valence-electron chi connectivity index (χ2n) is 9.15. The fraction of sp³-hybridized carbons (Fsp3) is 0.194. The molecule has 41 heavy (non-hydrogen) atoms. The number of esters is 1. The molecule has 0 radical (unpaired) electrons. The Bertz CT molecular complexity index is 1850. The van der Waals surface area contributed by atoms with Gasteiger partial charge < -0.3 is 14.2 Å². The second kappa shape index (κ2) is 12.5. The SMILES string of the molecule is CCOC(=O)C1=C(C)N=c2s/c(=C/c3cccc(OCc4ccccc4Cl)c3)c(=O)n2[C@@H]1c1ccc(OC)c(Br)c1. The number of aromatic nitrogens is 1. The summed E-state index contributed by atoms with van der Waals surface area (Å²) in [6.07, 6.45) is 1.80. The van der Waals surface area contributed by atoms with Crippen LogP contribution in [0.1, 0.15) is 36.6 Å². The number of ether oxygens (including phenoxy) is 3. The molecule has 0 saturated heterocycles. The zero-order valence-corrected chi connectivity index (χ0v) is 25.7. The average molecular weight is 654 g/mol. The van der Waals surface area contributed by atoms with E-state index in [4.69, 9.17) is 25.8 Å². The van der Waals surface area contributed by atoms with Crippen molar-refractivity contribution in [1.29, 1.82) is 0 Å². The number of benzene rings is 3. The van der Waals surface area contributed by atoms with Crippen LogP contribution in [0.2, 0.25) is 5.02 Å². The number of fused-ring (bicyclic) bond motifs is 1. The first-order chi connectivity index (χ1) is 19.8. The van der Waals surface area contributed by atoms with Crippen molar-refractivity contribution in [2.75, 3.05) is 13.7 Å². The lowest BCUT2D eigenvalue weighted by Crippen LogP contribution is -2.39. The van der Waals surface area contributed by atoms with Gasteiger partial charge in [-0.25, -0.2) is 9.79 Å². The predicted octanol–water partition coefficient (Wildman–Crippen LogP) is 5.80. The van der Waals surface area contributed by atoms with Crippen molar-refractivity contribution in [2.45, 2.75) is 26.5 Å². The van der Waals surface area contributed by atoms with E-state index in [2.05, 4.69) is 20.9 Å².